The summed E-state index contributed by atoms with van der Waals surface area (Å²) in [6.45, 7) is 2.51. The van der Waals surface area contributed by atoms with Crippen molar-refractivity contribution in [1.29, 1.82) is 0 Å². The Morgan fingerprint density at radius 3 is 2.82 bits per heavy atom. The largest absolute Gasteiger partial charge is 0.383 e. The fraction of sp³-hybridized carbons (Fsp3) is 0.269. The number of nitrogens with two attached hydrogens (primary N) is 1. The van der Waals surface area contributed by atoms with Gasteiger partial charge in [0.25, 0.3) is 5.91 Å². The van der Waals surface area contributed by atoms with Gasteiger partial charge in [-0.25, -0.2) is 9.97 Å². The SMILES string of the molecule is Cc1ccc(C(=O)NCc2ccsc2)cc1C#Cc1cn(C2CCCC2)c2ncnc(N)c12. The second kappa shape index (κ2) is 9.08. The van der Waals surface area contributed by atoms with Crippen LogP contribution in [0.4, 0.5) is 5.82 Å². The molecule has 166 valence electrons. The molecule has 0 bridgehead atoms. The number of amides is 1. The molecular formula is C26H25N5OS. The Balaban J connectivity index is 1.46. The molecule has 0 radical (unpaired) electrons. The van der Waals surface area contributed by atoms with Crippen molar-refractivity contribution >= 4 is 34.1 Å². The maximum Gasteiger partial charge on any atom is 0.251 e. The summed E-state index contributed by atoms with van der Waals surface area (Å²) in [7, 11) is 0. The smallest absolute Gasteiger partial charge is 0.251 e. The fourth-order valence-electron chi connectivity index (χ4n) is 4.37. The number of hydrogen-bond donors (Lipinski definition) is 2. The van der Waals surface area contributed by atoms with E-state index in [1.165, 1.54) is 19.2 Å². The lowest BCUT2D eigenvalue weighted by Crippen LogP contribution is -2.22. The summed E-state index contributed by atoms with van der Waals surface area (Å²) in [6, 6.07) is 8.05. The van der Waals surface area contributed by atoms with Gasteiger partial charge in [0.15, 0.2) is 0 Å². The molecule has 3 N–H and O–H groups in total. The van der Waals surface area contributed by atoms with Crippen molar-refractivity contribution in [3.63, 3.8) is 0 Å². The molecule has 0 atom stereocenters. The van der Waals surface area contributed by atoms with Crippen molar-refractivity contribution in [2.75, 3.05) is 5.73 Å². The molecule has 0 saturated heterocycles. The van der Waals surface area contributed by atoms with E-state index >= 15 is 0 Å². The zero-order chi connectivity index (χ0) is 22.8. The highest BCUT2D eigenvalue weighted by Gasteiger charge is 2.21. The van der Waals surface area contributed by atoms with E-state index in [-0.39, 0.29) is 5.91 Å². The van der Waals surface area contributed by atoms with Gasteiger partial charge in [0.05, 0.1) is 10.9 Å². The molecular weight excluding hydrogens is 430 g/mol. The van der Waals surface area contributed by atoms with E-state index in [4.69, 9.17) is 5.73 Å². The van der Waals surface area contributed by atoms with Crippen LogP contribution in [0.15, 0.2) is 47.5 Å². The van der Waals surface area contributed by atoms with Gasteiger partial charge in [-0.05, 0) is 59.9 Å². The molecule has 1 amide bonds. The molecule has 3 heterocycles. The average molecular weight is 456 g/mol. The Hall–Kier alpha value is -3.63. The third-order valence-electron chi connectivity index (χ3n) is 6.22. The van der Waals surface area contributed by atoms with Crippen molar-refractivity contribution < 1.29 is 4.79 Å². The van der Waals surface area contributed by atoms with Crippen molar-refractivity contribution in [3.8, 4) is 11.8 Å². The highest BCUT2D eigenvalue weighted by molar-refractivity contribution is 7.07. The first-order valence-electron chi connectivity index (χ1n) is 11.1. The number of hydrogen-bond acceptors (Lipinski definition) is 5. The van der Waals surface area contributed by atoms with E-state index in [0.717, 1.165) is 46.1 Å². The topological polar surface area (TPSA) is 85.8 Å². The fourth-order valence-corrected chi connectivity index (χ4v) is 5.04. The number of fused-ring (bicyclic) bond motifs is 1. The minimum atomic E-state index is -0.111. The van der Waals surface area contributed by atoms with Crippen LogP contribution in [0.2, 0.25) is 0 Å². The van der Waals surface area contributed by atoms with Gasteiger partial charge in [-0.3, -0.25) is 4.79 Å². The van der Waals surface area contributed by atoms with Crippen molar-refractivity contribution in [2.45, 2.75) is 45.2 Å². The van der Waals surface area contributed by atoms with Gasteiger partial charge in [0, 0.05) is 29.9 Å². The zero-order valence-electron chi connectivity index (χ0n) is 18.5. The van der Waals surface area contributed by atoms with Gasteiger partial charge in [0.1, 0.15) is 17.8 Å². The molecule has 7 heteroatoms. The van der Waals surface area contributed by atoms with Crippen LogP contribution in [0.1, 0.15) is 64.3 Å². The van der Waals surface area contributed by atoms with Gasteiger partial charge >= 0.3 is 0 Å². The zero-order valence-corrected chi connectivity index (χ0v) is 19.3. The number of benzene rings is 1. The lowest BCUT2D eigenvalue weighted by atomic mass is 10.0. The molecule has 5 rings (SSSR count). The van der Waals surface area contributed by atoms with E-state index < -0.39 is 0 Å². The van der Waals surface area contributed by atoms with Crippen LogP contribution in [-0.2, 0) is 6.54 Å². The summed E-state index contributed by atoms with van der Waals surface area (Å²) >= 11 is 1.62. The van der Waals surface area contributed by atoms with Crippen molar-refractivity contribution in [1.82, 2.24) is 19.9 Å². The lowest BCUT2D eigenvalue weighted by molar-refractivity contribution is 0.0951. The first-order chi connectivity index (χ1) is 16.1. The molecule has 3 aromatic heterocycles. The standard InChI is InChI=1S/C26H25N5OS/c1-17-6-7-20(26(32)28-13-18-10-11-33-15-18)12-19(17)8-9-21-14-31(22-4-2-3-5-22)25-23(21)24(27)29-16-30-25/h6-7,10-12,14-16,22H,2-5,13H2,1H3,(H,28,32)(H2,27,29,30). The monoisotopic (exact) mass is 455 g/mol. The Morgan fingerprint density at radius 2 is 2.03 bits per heavy atom. The third kappa shape index (κ3) is 4.35. The predicted molar refractivity (Wildman–Crippen MR) is 132 cm³/mol. The first-order valence-corrected chi connectivity index (χ1v) is 12.1. The van der Waals surface area contributed by atoms with E-state index in [2.05, 4.69) is 37.9 Å². The molecule has 1 aromatic carbocycles. The second-order valence-corrected chi connectivity index (χ2v) is 9.22. The Morgan fingerprint density at radius 1 is 1.21 bits per heavy atom. The number of rotatable bonds is 4. The minimum Gasteiger partial charge on any atom is -0.383 e. The Kier molecular flexibility index (Phi) is 5.84. The summed E-state index contributed by atoms with van der Waals surface area (Å²) in [5.41, 5.74) is 11.4. The maximum atomic E-state index is 12.7. The number of aromatic nitrogens is 3. The highest BCUT2D eigenvalue weighted by Crippen LogP contribution is 2.34. The van der Waals surface area contributed by atoms with Crippen LogP contribution in [0.5, 0.6) is 0 Å². The first kappa shape index (κ1) is 21.2. The second-order valence-electron chi connectivity index (χ2n) is 8.44. The molecule has 0 spiro atoms. The van der Waals surface area contributed by atoms with Gasteiger partial charge in [0.2, 0.25) is 0 Å². The number of nitrogens with one attached hydrogen (secondary N) is 1. The van der Waals surface area contributed by atoms with E-state index in [1.54, 1.807) is 11.3 Å². The van der Waals surface area contributed by atoms with Crippen molar-refractivity contribution in [2.24, 2.45) is 0 Å². The number of anilines is 1. The normalized spacial score (nSPS) is 13.7. The van der Waals surface area contributed by atoms with Gasteiger partial charge in [-0.2, -0.15) is 11.3 Å². The molecule has 1 fully saturated rings. The lowest BCUT2D eigenvalue weighted by Gasteiger charge is -2.12. The van der Waals surface area contributed by atoms with Crippen LogP contribution < -0.4 is 11.1 Å². The molecule has 0 unspecified atom stereocenters. The number of nitrogen functional groups attached to an aromatic ring is 1. The quantitative estimate of drug-likeness (QED) is 0.432. The van der Waals surface area contributed by atoms with Gasteiger partial charge in [-0.15, -0.1) is 0 Å². The van der Waals surface area contributed by atoms with Crippen LogP contribution in [-0.4, -0.2) is 20.4 Å². The van der Waals surface area contributed by atoms with Crippen LogP contribution in [0.25, 0.3) is 11.0 Å². The summed E-state index contributed by atoms with van der Waals surface area (Å²) in [5.74, 6) is 6.89. The van der Waals surface area contributed by atoms with Crippen LogP contribution >= 0.6 is 11.3 Å². The number of thiophene rings is 1. The van der Waals surface area contributed by atoms with E-state index in [9.17, 15) is 4.79 Å². The molecule has 4 aromatic rings. The molecule has 6 nitrogen and oxygen atoms in total. The molecule has 1 aliphatic carbocycles. The van der Waals surface area contributed by atoms with E-state index in [1.807, 2.05) is 41.9 Å². The summed E-state index contributed by atoms with van der Waals surface area (Å²) < 4.78 is 2.21. The Labute approximate surface area is 196 Å². The average Bonchev–Trinajstić information content (AvgIpc) is 3.58. The molecule has 1 saturated carbocycles. The number of nitrogens with zero attached hydrogens (tertiary/aromatic N) is 3. The van der Waals surface area contributed by atoms with Crippen molar-refractivity contribution in [3.05, 3.63) is 75.4 Å². The van der Waals surface area contributed by atoms with E-state index in [0.29, 0.717) is 24.0 Å². The maximum absolute atomic E-state index is 12.7. The third-order valence-corrected chi connectivity index (χ3v) is 6.95. The minimum absolute atomic E-state index is 0.111. The number of carbonyl (C=O) groups excluding carboxylic acids is 1. The van der Waals surface area contributed by atoms with Gasteiger partial charge < -0.3 is 15.6 Å². The van der Waals surface area contributed by atoms with Gasteiger partial charge in [-0.1, -0.05) is 30.7 Å². The predicted octanol–water partition coefficient (Wildman–Crippen LogP) is 4.83. The molecule has 0 aliphatic heterocycles. The van der Waals surface area contributed by atoms with Crippen LogP contribution in [0, 0.1) is 18.8 Å². The number of aryl methyl sites for hydroxylation is 1. The molecule has 1 aliphatic rings. The number of carbonyl (C=O) groups is 1. The highest BCUT2D eigenvalue weighted by atomic mass is 32.1. The van der Waals surface area contributed by atoms with Crippen LogP contribution in [0.3, 0.4) is 0 Å². The summed E-state index contributed by atoms with van der Waals surface area (Å²) in [6.07, 6.45) is 8.32. The Bertz CT molecular complexity index is 1370. The summed E-state index contributed by atoms with van der Waals surface area (Å²) in [4.78, 5) is 21.4. The molecule has 33 heavy (non-hydrogen) atoms. The summed E-state index contributed by atoms with van der Waals surface area (Å²) in [5, 5.41) is 7.81.